The molecule has 25 heavy (non-hydrogen) atoms. The molecule has 0 aliphatic heterocycles. The molecular weight excluding hydrogens is 325 g/mol. The fraction of sp³-hybridized carbons (Fsp3) is 0.222. The van der Waals surface area contributed by atoms with Crippen LogP contribution in [-0.4, -0.2) is 24.6 Å². The second-order valence-corrected chi connectivity index (χ2v) is 5.62. The van der Waals surface area contributed by atoms with Crippen molar-refractivity contribution in [1.29, 1.82) is 0 Å². The van der Waals surface area contributed by atoms with Crippen LogP contribution in [0.25, 0.3) is 0 Å². The molecule has 0 bridgehead atoms. The summed E-state index contributed by atoms with van der Waals surface area (Å²) in [4.78, 5) is 23.4. The van der Waals surface area contributed by atoms with E-state index < -0.39 is 0 Å². The van der Waals surface area contributed by atoms with Gasteiger partial charge in [0.2, 0.25) is 0 Å². The summed E-state index contributed by atoms with van der Waals surface area (Å²) in [5.41, 5.74) is 1.18. The molecule has 2 rings (SSSR count). The molecule has 2 aromatic carbocycles. The average Bonchev–Trinajstić information content (AvgIpc) is 2.55. The van der Waals surface area contributed by atoms with Crippen LogP contribution < -0.4 is 20.7 Å². The van der Waals surface area contributed by atoms with Crippen molar-refractivity contribution in [2.45, 2.75) is 19.9 Å². The number of carbonyl (C=O) groups is 2. The van der Waals surface area contributed by atoms with Gasteiger partial charge in [-0.25, -0.2) is 9.18 Å². The van der Waals surface area contributed by atoms with E-state index >= 15 is 0 Å². The highest BCUT2D eigenvalue weighted by Crippen LogP contribution is 2.14. The summed E-state index contributed by atoms with van der Waals surface area (Å²) < 4.78 is 18.0. The van der Waals surface area contributed by atoms with Crippen LogP contribution in [0.2, 0.25) is 0 Å². The Morgan fingerprint density at radius 2 is 1.52 bits per heavy atom. The number of carbonyl (C=O) groups excluding carboxylic acids is 2. The molecule has 3 N–H and O–H groups in total. The molecule has 0 fully saturated rings. The predicted octanol–water partition coefficient (Wildman–Crippen LogP) is 3.37. The number of ether oxygens (including phenoxy) is 1. The van der Waals surface area contributed by atoms with Crippen molar-refractivity contribution in [3.63, 3.8) is 0 Å². The molecule has 0 spiro atoms. The third-order valence-electron chi connectivity index (χ3n) is 3.03. The van der Waals surface area contributed by atoms with Crippen LogP contribution in [0.15, 0.2) is 48.5 Å². The first-order chi connectivity index (χ1) is 11.9. The molecule has 0 radical (unpaired) electrons. The highest BCUT2D eigenvalue weighted by atomic mass is 19.1. The van der Waals surface area contributed by atoms with Gasteiger partial charge in [0.1, 0.15) is 11.6 Å². The molecule has 2 aromatic rings. The Morgan fingerprint density at radius 1 is 0.960 bits per heavy atom. The van der Waals surface area contributed by atoms with Gasteiger partial charge in [-0.15, -0.1) is 0 Å². The van der Waals surface area contributed by atoms with E-state index in [1.54, 1.807) is 24.3 Å². The minimum atomic E-state index is -0.368. The summed E-state index contributed by atoms with van der Waals surface area (Å²) in [5.74, 6) is -0.303. The Balaban J connectivity index is 1.80. The topological polar surface area (TPSA) is 79.5 Å². The van der Waals surface area contributed by atoms with Gasteiger partial charge in [0, 0.05) is 17.4 Å². The Hall–Kier alpha value is -3.09. The zero-order valence-corrected chi connectivity index (χ0v) is 14.0. The van der Waals surface area contributed by atoms with Gasteiger partial charge in [-0.3, -0.25) is 4.79 Å². The number of rotatable bonds is 6. The second kappa shape index (κ2) is 8.68. The predicted molar refractivity (Wildman–Crippen MR) is 94.3 cm³/mol. The molecule has 0 unspecified atom stereocenters. The number of nitrogens with one attached hydrogen (secondary N) is 3. The van der Waals surface area contributed by atoms with Gasteiger partial charge >= 0.3 is 6.03 Å². The first-order valence-corrected chi connectivity index (χ1v) is 7.78. The monoisotopic (exact) mass is 345 g/mol. The van der Waals surface area contributed by atoms with E-state index in [1.165, 1.54) is 24.3 Å². The standard InChI is InChI=1S/C18H20FN3O3/c1-12(2)20-18(24)22-15-7-5-14(6-8-15)21-17(23)11-25-16-9-3-13(19)4-10-16/h3-10,12H,11H2,1-2H3,(H,21,23)(H2,20,22,24). The lowest BCUT2D eigenvalue weighted by Gasteiger charge is -2.11. The smallest absolute Gasteiger partial charge is 0.319 e. The largest absolute Gasteiger partial charge is 0.484 e. The summed E-state index contributed by atoms with van der Waals surface area (Å²) in [5, 5.41) is 8.07. The third-order valence-corrected chi connectivity index (χ3v) is 3.03. The zero-order chi connectivity index (χ0) is 18.2. The number of halogens is 1. The summed E-state index contributed by atoms with van der Waals surface area (Å²) in [6.45, 7) is 3.54. The number of urea groups is 1. The maximum absolute atomic E-state index is 12.8. The molecule has 0 aliphatic rings. The lowest BCUT2D eigenvalue weighted by molar-refractivity contribution is -0.118. The highest BCUT2D eigenvalue weighted by molar-refractivity contribution is 5.93. The molecular formula is C18H20FN3O3. The number of amides is 3. The van der Waals surface area contributed by atoms with Gasteiger partial charge in [0.05, 0.1) is 0 Å². The van der Waals surface area contributed by atoms with Gasteiger partial charge in [-0.05, 0) is 62.4 Å². The summed E-state index contributed by atoms with van der Waals surface area (Å²) >= 11 is 0. The lowest BCUT2D eigenvalue weighted by Crippen LogP contribution is -2.34. The average molecular weight is 345 g/mol. The molecule has 3 amide bonds. The van der Waals surface area contributed by atoms with E-state index in [0.29, 0.717) is 17.1 Å². The zero-order valence-electron chi connectivity index (χ0n) is 14.0. The Kier molecular flexibility index (Phi) is 6.33. The summed E-state index contributed by atoms with van der Waals surface area (Å²) in [7, 11) is 0. The minimum absolute atomic E-state index is 0.0414. The maximum atomic E-state index is 12.8. The van der Waals surface area contributed by atoms with E-state index in [-0.39, 0.29) is 30.4 Å². The van der Waals surface area contributed by atoms with E-state index in [0.717, 1.165) is 0 Å². The van der Waals surface area contributed by atoms with Crippen molar-refractivity contribution in [2.24, 2.45) is 0 Å². The molecule has 6 nitrogen and oxygen atoms in total. The van der Waals surface area contributed by atoms with Gasteiger partial charge < -0.3 is 20.7 Å². The molecule has 0 saturated heterocycles. The van der Waals surface area contributed by atoms with Crippen molar-refractivity contribution in [1.82, 2.24) is 5.32 Å². The first-order valence-electron chi connectivity index (χ1n) is 7.78. The van der Waals surface area contributed by atoms with Crippen molar-refractivity contribution in [3.8, 4) is 5.75 Å². The molecule has 0 aliphatic carbocycles. The van der Waals surface area contributed by atoms with Gasteiger partial charge in [-0.1, -0.05) is 0 Å². The quantitative estimate of drug-likeness (QED) is 0.751. The lowest BCUT2D eigenvalue weighted by atomic mass is 10.3. The maximum Gasteiger partial charge on any atom is 0.319 e. The minimum Gasteiger partial charge on any atom is -0.484 e. The Bertz CT molecular complexity index is 715. The molecule has 0 aromatic heterocycles. The van der Waals surface area contributed by atoms with E-state index in [9.17, 15) is 14.0 Å². The van der Waals surface area contributed by atoms with Crippen molar-refractivity contribution >= 4 is 23.3 Å². The van der Waals surface area contributed by atoms with Gasteiger partial charge in [0.15, 0.2) is 6.61 Å². The van der Waals surface area contributed by atoms with Crippen LogP contribution in [0.3, 0.4) is 0 Å². The number of hydrogen-bond donors (Lipinski definition) is 3. The molecule has 7 heteroatoms. The van der Waals surface area contributed by atoms with E-state index in [1.807, 2.05) is 13.8 Å². The summed E-state index contributed by atoms with van der Waals surface area (Å²) in [6.07, 6.45) is 0. The Morgan fingerprint density at radius 3 is 2.08 bits per heavy atom. The van der Waals surface area contributed by atoms with Crippen molar-refractivity contribution < 1.29 is 18.7 Å². The van der Waals surface area contributed by atoms with Crippen LogP contribution in [0.1, 0.15) is 13.8 Å². The second-order valence-electron chi connectivity index (χ2n) is 5.62. The summed E-state index contributed by atoms with van der Waals surface area (Å²) in [6, 6.07) is 11.9. The van der Waals surface area contributed by atoms with E-state index in [2.05, 4.69) is 16.0 Å². The van der Waals surface area contributed by atoms with Crippen LogP contribution >= 0.6 is 0 Å². The van der Waals surface area contributed by atoms with Crippen LogP contribution in [0.5, 0.6) is 5.75 Å². The fourth-order valence-corrected chi connectivity index (χ4v) is 1.94. The molecule has 0 saturated carbocycles. The molecule has 0 atom stereocenters. The van der Waals surface area contributed by atoms with E-state index in [4.69, 9.17) is 4.74 Å². The van der Waals surface area contributed by atoms with Crippen LogP contribution in [-0.2, 0) is 4.79 Å². The van der Waals surface area contributed by atoms with Gasteiger partial charge in [0.25, 0.3) is 5.91 Å². The number of hydrogen-bond acceptors (Lipinski definition) is 3. The molecule has 132 valence electrons. The Labute approximate surface area is 145 Å². The number of benzene rings is 2. The van der Waals surface area contributed by atoms with Gasteiger partial charge in [-0.2, -0.15) is 0 Å². The normalized spacial score (nSPS) is 10.2. The SMILES string of the molecule is CC(C)NC(=O)Nc1ccc(NC(=O)COc2ccc(F)cc2)cc1. The molecule has 0 heterocycles. The van der Waals surface area contributed by atoms with Crippen LogP contribution in [0, 0.1) is 5.82 Å². The van der Waals surface area contributed by atoms with Crippen molar-refractivity contribution in [3.05, 3.63) is 54.3 Å². The number of anilines is 2. The van der Waals surface area contributed by atoms with Crippen LogP contribution in [0.4, 0.5) is 20.6 Å². The van der Waals surface area contributed by atoms with Crippen molar-refractivity contribution in [2.75, 3.05) is 17.2 Å². The highest BCUT2D eigenvalue weighted by Gasteiger charge is 2.06. The first kappa shape index (κ1) is 18.3. The fourth-order valence-electron chi connectivity index (χ4n) is 1.94. The third kappa shape index (κ3) is 6.50.